The smallest absolute Gasteiger partial charge is 0.231 e. The molecule has 0 aromatic heterocycles. The summed E-state index contributed by atoms with van der Waals surface area (Å²) < 4.78 is 21.8. The van der Waals surface area contributed by atoms with Crippen LogP contribution in [0.3, 0.4) is 0 Å². The highest BCUT2D eigenvalue weighted by atomic mass is 16.7. The predicted octanol–water partition coefficient (Wildman–Crippen LogP) is 3.12. The maximum atomic E-state index is 5.89. The van der Waals surface area contributed by atoms with E-state index in [-0.39, 0.29) is 12.4 Å². The van der Waals surface area contributed by atoms with Crippen molar-refractivity contribution in [2.24, 2.45) is 5.92 Å². The lowest BCUT2D eigenvalue weighted by Gasteiger charge is -2.25. The summed E-state index contributed by atoms with van der Waals surface area (Å²) in [4.78, 5) is 0. The van der Waals surface area contributed by atoms with Crippen LogP contribution in [-0.4, -0.2) is 20.2 Å². The van der Waals surface area contributed by atoms with Crippen molar-refractivity contribution in [1.29, 1.82) is 0 Å². The molecular weight excluding hydrogens is 232 g/mol. The molecule has 2 rings (SSSR count). The van der Waals surface area contributed by atoms with E-state index >= 15 is 0 Å². The predicted molar refractivity (Wildman–Crippen MR) is 67.7 cm³/mol. The summed E-state index contributed by atoms with van der Waals surface area (Å²) in [7, 11) is 1.64. The molecule has 0 radical (unpaired) electrons. The zero-order chi connectivity index (χ0) is 13.1. The molecule has 18 heavy (non-hydrogen) atoms. The van der Waals surface area contributed by atoms with Crippen LogP contribution in [-0.2, 0) is 9.47 Å². The van der Waals surface area contributed by atoms with Gasteiger partial charge in [0.15, 0.2) is 17.8 Å². The molecule has 1 aliphatic rings. The van der Waals surface area contributed by atoms with E-state index in [0.717, 1.165) is 17.1 Å². The van der Waals surface area contributed by atoms with Crippen molar-refractivity contribution in [3.63, 3.8) is 0 Å². The SMILES string of the molecule is COC(C)OC(c1ccc2c(c1)OCO2)C(C)C. The second-order valence-corrected chi connectivity index (χ2v) is 4.72. The molecule has 0 saturated heterocycles. The third kappa shape index (κ3) is 2.76. The minimum atomic E-state index is -0.233. The fourth-order valence-electron chi connectivity index (χ4n) is 1.97. The Balaban J connectivity index is 2.20. The van der Waals surface area contributed by atoms with Crippen LogP contribution in [0.2, 0.25) is 0 Å². The molecule has 1 aromatic carbocycles. The highest BCUT2D eigenvalue weighted by molar-refractivity contribution is 5.45. The van der Waals surface area contributed by atoms with Crippen molar-refractivity contribution in [3.8, 4) is 11.5 Å². The quantitative estimate of drug-likeness (QED) is 0.754. The highest BCUT2D eigenvalue weighted by Gasteiger charge is 2.22. The average molecular weight is 252 g/mol. The number of methoxy groups -OCH3 is 1. The Hall–Kier alpha value is -1.26. The molecule has 0 aliphatic carbocycles. The topological polar surface area (TPSA) is 36.9 Å². The molecule has 0 spiro atoms. The van der Waals surface area contributed by atoms with E-state index in [4.69, 9.17) is 18.9 Å². The lowest BCUT2D eigenvalue weighted by atomic mass is 9.98. The van der Waals surface area contributed by atoms with Crippen LogP contribution >= 0.6 is 0 Å². The first-order valence-corrected chi connectivity index (χ1v) is 6.19. The first-order valence-electron chi connectivity index (χ1n) is 6.19. The first kappa shape index (κ1) is 13.2. The van der Waals surface area contributed by atoms with Crippen LogP contribution in [0.4, 0.5) is 0 Å². The summed E-state index contributed by atoms with van der Waals surface area (Å²) in [5.41, 5.74) is 1.08. The van der Waals surface area contributed by atoms with Gasteiger partial charge in [0.05, 0.1) is 6.10 Å². The van der Waals surface area contributed by atoms with E-state index < -0.39 is 0 Å². The van der Waals surface area contributed by atoms with Gasteiger partial charge in [0, 0.05) is 7.11 Å². The summed E-state index contributed by atoms with van der Waals surface area (Å²) in [5.74, 6) is 1.93. The third-order valence-electron chi connectivity index (χ3n) is 3.00. The van der Waals surface area contributed by atoms with Gasteiger partial charge in [-0.25, -0.2) is 0 Å². The van der Waals surface area contributed by atoms with Crippen molar-refractivity contribution < 1.29 is 18.9 Å². The van der Waals surface area contributed by atoms with Gasteiger partial charge in [-0.05, 0) is 30.5 Å². The van der Waals surface area contributed by atoms with Crippen molar-refractivity contribution in [3.05, 3.63) is 23.8 Å². The number of benzene rings is 1. The Morgan fingerprint density at radius 3 is 2.50 bits per heavy atom. The van der Waals surface area contributed by atoms with Gasteiger partial charge in [0.25, 0.3) is 0 Å². The molecule has 0 saturated carbocycles. The normalized spacial score (nSPS) is 16.9. The number of ether oxygens (including phenoxy) is 4. The van der Waals surface area contributed by atoms with E-state index in [0.29, 0.717) is 12.7 Å². The van der Waals surface area contributed by atoms with Crippen LogP contribution in [0.25, 0.3) is 0 Å². The molecule has 0 bridgehead atoms. The molecule has 0 N–H and O–H groups in total. The molecule has 100 valence electrons. The monoisotopic (exact) mass is 252 g/mol. The van der Waals surface area contributed by atoms with Crippen molar-refractivity contribution in [1.82, 2.24) is 0 Å². The maximum Gasteiger partial charge on any atom is 0.231 e. The summed E-state index contributed by atoms with van der Waals surface area (Å²) >= 11 is 0. The van der Waals surface area contributed by atoms with Gasteiger partial charge in [0.1, 0.15) is 0 Å². The standard InChI is InChI=1S/C14H20O4/c1-9(2)14(18-10(3)15-4)11-5-6-12-13(7-11)17-8-16-12/h5-7,9-10,14H,8H2,1-4H3. The summed E-state index contributed by atoms with van der Waals surface area (Å²) in [6.07, 6.45) is -0.253. The van der Waals surface area contributed by atoms with Crippen LogP contribution < -0.4 is 9.47 Å². The van der Waals surface area contributed by atoms with E-state index in [2.05, 4.69) is 13.8 Å². The minimum absolute atomic E-state index is 0.0190. The van der Waals surface area contributed by atoms with E-state index in [1.54, 1.807) is 7.11 Å². The third-order valence-corrected chi connectivity index (χ3v) is 3.00. The lowest BCUT2D eigenvalue weighted by molar-refractivity contribution is -0.157. The second-order valence-electron chi connectivity index (χ2n) is 4.72. The van der Waals surface area contributed by atoms with Gasteiger partial charge >= 0.3 is 0 Å². The van der Waals surface area contributed by atoms with Gasteiger partial charge in [-0.15, -0.1) is 0 Å². The number of fused-ring (bicyclic) bond motifs is 1. The Morgan fingerprint density at radius 2 is 1.83 bits per heavy atom. The van der Waals surface area contributed by atoms with Crippen LogP contribution in [0, 0.1) is 5.92 Å². The highest BCUT2D eigenvalue weighted by Crippen LogP contribution is 2.37. The average Bonchev–Trinajstić information content (AvgIpc) is 2.82. The number of rotatable bonds is 5. The Kier molecular flexibility index (Phi) is 4.09. The van der Waals surface area contributed by atoms with E-state index in [1.165, 1.54) is 0 Å². The first-order chi connectivity index (χ1) is 8.61. The van der Waals surface area contributed by atoms with Crippen LogP contribution in [0.5, 0.6) is 11.5 Å². The number of hydrogen-bond acceptors (Lipinski definition) is 4. The molecule has 0 amide bonds. The van der Waals surface area contributed by atoms with Gasteiger partial charge in [-0.2, -0.15) is 0 Å². The molecular formula is C14H20O4. The van der Waals surface area contributed by atoms with Crippen molar-refractivity contribution in [2.75, 3.05) is 13.9 Å². The molecule has 1 aliphatic heterocycles. The van der Waals surface area contributed by atoms with Gasteiger partial charge < -0.3 is 18.9 Å². The van der Waals surface area contributed by atoms with E-state index in [9.17, 15) is 0 Å². The molecule has 4 nitrogen and oxygen atoms in total. The molecule has 4 heteroatoms. The molecule has 1 heterocycles. The summed E-state index contributed by atoms with van der Waals surface area (Å²) in [6, 6.07) is 5.92. The Bertz CT molecular complexity index is 403. The zero-order valence-corrected chi connectivity index (χ0v) is 11.3. The summed E-state index contributed by atoms with van der Waals surface area (Å²) in [6.45, 7) is 6.43. The van der Waals surface area contributed by atoms with Crippen molar-refractivity contribution in [2.45, 2.75) is 33.2 Å². The van der Waals surface area contributed by atoms with Crippen molar-refractivity contribution >= 4 is 0 Å². The summed E-state index contributed by atoms with van der Waals surface area (Å²) in [5, 5.41) is 0. The minimum Gasteiger partial charge on any atom is -0.454 e. The lowest BCUT2D eigenvalue weighted by Crippen LogP contribution is -2.19. The van der Waals surface area contributed by atoms with Crippen LogP contribution in [0.15, 0.2) is 18.2 Å². The van der Waals surface area contributed by atoms with Gasteiger partial charge in [-0.1, -0.05) is 19.9 Å². The van der Waals surface area contributed by atoms with Gasteiger partial charge in [0.2, 0.25) is 6.79 Å². The fourth-order valence-corrected chi connectivity index (χ4v) is 1.97. The largest absolute Gasteiger partial charge is 0.454 e. The van der Waals surface area contributed by atoms with Gasteiger partial charge in [-0.3, -0.25) is 0 Å². The molecule has 2 unspecified atom stereocenters. The Labute approximate surface area is 108 Å². The molecule has 1 aromatic rings. The van der Waals surface area contributed by atoms with Crippen LogP contribution in [0.1, 0.15) is 32.4 Å². The fraction of sp³-hybridized carbons (Fsp3) is 0.571. The Morgan fingerprint density at radius 1 is 1.11 bits per heavy atom. The zero-order valence-electron chi connectivity index (χ0n) is 11.3. The number of hydrogen-bond donors (Lipinski definition) is 0. The molecule has 2 atom stereocenters. The van der Waals surface area contributed by atoms with E-state index in [1.807, 2.05) is 25.1 Å². The second kappa shape index (κ2) is 5.59. The maximum absolute atomic E-state index is 5.89. The molecule has 0 fully saturated rings.